The smallest absolute Gasteiger partial charge is 0.137 e. The molecule has 0 saturated heterocycles. The zero-order valence-corrected chi connectivity index (χ0v) is 14.2. The number of halogens is 2. The number of nitrogens with one attached hydrogen (secondary N) is 1. The summed E-state index contributed by atoms with van der Waals surface area (Å²) in [4.78, 5) is 0. The van der Waals surface area contributed by atoms with Crippen molar-refractivity contribution in [3.05, 3.63) is 51.5 Å². The Morgan fingerprint density at radius 2 is 2.10 bits per heavy atom. The van der Waals surface area contributed by atoms with E-state index in [-0.39, 0.29) is 11.9 Å². The van der Waals surface area contributed by atoms with Crippen LogP contribution in [-0.2, 0) is 19.9 Å². The molecule has 21 heavy (non-hydrogen) atoms. The van der Waals surface area contributed by atoms with Gasteiger partial charge in [-0.15, -0.1) is 0 Å². The van der Waals surface area contributed by atoms with Crippen LogP contribution in [0.2, 0.25) is 0 Å². The molecule has 0 spiro atoms. The summed E-state index contributed by atoms with van der Waals surface area (Å²) >= 11 is 3.20. The maximum Gasteiger partial charge on any atom is 0.137 e. The first-order chi connectivity index (χ1) is 10.0. The van der Waals surface area contributed by atoms with Gasteiger partial charge in [-0.2, -0.15) is 5.10 Å². The van der Waals surface area contributed by atoms with Gasteiger partial charge in [0.25, 0.3) is 0 Å². The van der Waals surface area contributed by atoms with E-state index in [1.54, 1.807) is 12.1 Å². The second kappa shape index (κ2) is 7.18. The van der Waals surface area contributed by atoms with E-state index in [0.29, 0.717) is 4.47 Å². The number of hydrogen-bond acceptors (Lipinski definition) is 2. The number of rotatable bonds is 6. The fraction of sp³-hybridized carbons (Fsp3) is 0.438. The van der Waals surface area contributed by atoms with Crippen molar-refractivity contribution < 1.29 is 4.39 Å². The number of aryl methyl sites for hydroxylation is 2. The first-order valence-electron chi connectivity index (χ1n) is 7.25. The van der Waals surface area contributed by atoms with E-state index in [0.717, 1.165) is 36.3 Å². The Morgan fingerprint density at radius 1 is 1.33 bits per heavy atom. The molecule has 0 fully saturated rings. The molecule has 1 unspecified atom stereocenters. The standard InChI is InChI=1S/C16H21BrFN3/c1-4-12-9-13(21(3)20-12)10-16(19-5-2)11-6-7-14(17)15(18)8-11/h6-9,16,19H,4-5,10H2,1-3H3. The quantitative estimate of drug-likeness (QED) is 0.856. The molecule has 1 N–H and O–H groups in total. The van der Waals surface area contributed by atoms with Gasteiger partial charge < -0.3 is 5.32 Å². The lowest BCUT2D eigenvalue weighted by Gasteiger charge is -2.18. The van der Waals surface area contributed by atoms with Crippen molar-refractivity contribution in [2.45, 2.75) is 32.7 Å². The number of aromatic nitrogens is 2. The molecule has 0 aliphatic rings. The zero-order valence-electron chi connectivity index (χ0n) is 12.7. The molecule has 114 valence electrons. The molecule has 0 radical (unpaired) electrons. The predicted octanol–water partition coefficient (Wildman–Crippen LogP) is 3.78. The first-order valence-corrected chi connectivity index (χ1v) is 8.04. The highest BCUT2D eigenvalue weighted by atomic mass is 79.9. The first kappa shape index (κ1) is 16.2. The van der Waals surface area contributed by atoms with E-state index in [2.05, 4.69) is 46.3 Å². The maximum absolute atomic E-state index is 13.8. The van der Waals surface area contributed by atoms with E-state index in [4.69, 9.17) is 0 Å². The fourth-order valence-corrected chi connectivity index (χ4v) is 2.67. The van der Waals surface area contributed by atoms with Crippen LogP contribution in [0.1, 0.15) is 36.8 Å². The Bertz CT molecular complexity index is 610. The van der Waals surface area contributed by atoms with E-state index in [1.807, 2.05) is 17.8 Å². The normalized spacial score (nSPS) is 12.6. The summed E-state index contributed by atoms with van der Waals surface area (Å²) in [6, 6.07) is 7.51. The van der Waals surface area contributed by atoms with Gasteiger partial charge in [-0.05, 0) is 52.7 Å². The van der Waals surface area contributed by atoms with Crippen LogP contribution in [0.4, 0.5) is 4.39 Å². The molecule has 1 aromatic heterocycles. The predicted molar refractivity (Wildman–Crippen MR) is 86.8 cm³/mol. The third-order valence-corrected chi connectivity index (χ3v) is 4.24. The van der Waals surface area contributed by atoms with Crippen molar-refractivity contribution in [1.82, 2.24) is 15.1 Å². The van der Waals surface area contributed by atoms with Crippen LogP contribution in [0, 0.1) is 5.82 Å². The highest BCUT2D eigenvalue weighted by Gasteiger charge is 2.15. The minimum absolute atomic E-state index is 0.0812. The summed E-state index contributed by atoms with van der Waals surface area (Å²) in [6.07, 6.45) is 1.71. The summed E-state index contributed by atoms with van der Waals surface area (Å²) in [6.45, 7) is 4.99. The lowest BCUT2D eigenvalue weighted by Crippen LogP contribution is -2.24. The van der Waals surface area contributed by atoms with Gasteiger partial charge in [0.2, 0.25) is 0 Å². The molecule has 1 heterocycles. The van der Waals surface area contributed by atoms with Crippen molar-refractivity contribution >= 4 is 15.9 Å². The van der Waals surface area contributed by atoms with Gasteiger partial charge in [0.15, 0.2) is 0 Å². The Labute approximate surface area is 133 Å². The minimum Gasteiger partial charge on any atom is -0.310 e. The largest absolute Gasteiger partial charge is 0.310 e. The highest BCUT2D eigenvalue weighted by molar-refractivity contribution is 9.10. The van der Waals surface area contributed by atoms with Crippen LogP contribution in [0.5, 0.6) is 0 Å². The van der Waals surface area contributed by atoms with Gasteiger partial charge in [0.1, 0.15) is 5.82 Å². The summed E-state index contributed by atoms with van der Waals surface area (Å²) in [5, 5.41) is 7.90. The molecular weight excluding hydrogens is 333 g/mol. The molecule has 1 atom stereocenters. The van der Waals surface area contributed by atoms with Gasteiger partial charge in [-0.3, -0.25) is 4.68 Å². The van der Waals surface area contributed by atoms with E-state index < -0.39 is 0 Å². The Balaban J connectivity index is 2.25. The van der Waals surface area contributed by atoms with Crippen molar-refractivity contribution in [2.24, 2.45) is 7.05 Å². The SMILES string of the molecule is CCNC(Cc1cc(CC)nn1C)c1ccc(Br)c(F)c1. The Hall–Kier alpha value is -1.20. The summed E-state index contributed by atoms with van der Waals surface area (Å²) in [7, 11) is 1.96. The minimum atomic E-state index is -0.227. The molecule has 2 aromatic rings. The van der Waals surface area contributed by atoms with Gasteiger partial charge >= 0.3 is 0 Å². The van der Waals surface area contributed by atoms with E-state index in [9.17, 15) is 4.39 Å². The van der Waals surface area contributed by atoms with Gasteiger partial charge in [0.05, 0.1) is 10.2 Å². The van der Waals surface area contributed by atoms with Crippen LogP contribution in [-0.4, -0.2) is 16.3 Å². The van der Waals surface area contributed by atoms with Gasteiger partial charge in [0, 0.05) is 25.2 Å². The lowest BCUT2D eigenvalue weighted by molar-refractivity contribution is 0.523. The average Bonchev–Trinajstić information content (AvgIpc) is 2.82. The van der Waals surface area contributed by atoms with E-state index >= 15 is 0 Å². The molecule has 0 aliphatic carbocycles. The van der Waals surface area contributed by atoms with Crippen molar-refractivity contribution in [3.8, 4) is 0 Å². The van der Waals surface area contributed by atoms with E-state index in [1.165, 1.54) is 0 Å². The monoisotopic (exact) mass is 353 g/mol. The number of nitrogens with zero attached hydrogens (tertiary/aromatic N) is 2. The average molecular weight is 354 g/mol. The summed E-state index contributed by atoms with van der Waals surface area (Å²) in [5.41, 5.74) is 3.20. The second-order valence-corrected chi connectivity index (χ2v) is 5.95. The zero-order chi connectivity index (χ0) is 15.4. The third-order valence-electron chi connectivity index (χ3n) is 3.60. The van der Waals surface area contributed by atoms with Crippen LogP contribution < -0.4 is 5.32 Å². The maximum atomic E-state index is 13.8. The van der Waals surface area contributed by atoms with Crippen molar-refractivity contribution in [3.63, 3.8) is 0 Å². The third kappa shape index (κ3) is 3.92. The Kier molecular flexibility index (Phi) is 5.53. The van der Waals surface area contributed by atoms with Gasteiger partial charge in [-0.25, -0.2) is 4.39 Å². The summed E-state index contributed by atoms with van der Waals surface area (Å²) < 4.78 is 16.2. The molecule has 0 aliphatic heterocycles. The van der Waals surface area contributed by atoms with Crippen LogP contribution >= 0.6 is 15.9 Å². The lowest BCUT2D eigenvalue weighted by atomic mass is 10.0. The summed E-state index contributed by atoms with van der Waals surface area (Å²) in [5.74, 6) is -0.227. The number of hydrogen-bond donors (Lipinski definition) is 1. The second-order valence-electron chi connectivity index (χ2n) is 5.09. The topological polar surface area (TPSA) is 29.9 Å². The highest BCUT2D eigenvalue weighted by Crippen LogP contribution is 2.23. The molecule has 0 amide bonds. The molecule has 0 saturated carbocycles. The van der Waals surface area contributed by atoms with Gasteiger partial charge in [-0.1, -0.05) is 19.9 Å². The van der Waals surface area contributed by atoms with Crippen LogP contribution in [0.25, 0.3) is 0 Å². The molecule has 1 aromatic carbocycles. The number of likely N-dealkylation sites (N-methyl/N-ethyl adjacent to an activating group) is 1. The molecule has 3 nitrogen and oxygen atoms in total. The molecular formula is C16H21BrFN3. The fourth-order valence-electron chi connectivity index (χ4n) is 2.43. The number of benzene rings is 1. The molecule has 5 heteroatoms. The Morgan fingerprint density at radius 3 is 2.67 bits per heavy atom. The van der Waals surface area contributed by atoms with Crippen molar-refractivity contribution in [2.75, 3.05) is 6.54 Å². The molecule has 2 rings (SSSR count). The van der Waals surface area contributed by atoms with Crippen molar-refractivity contribution in [1.29, 1.82) is 0 Å². The van der Waals surface area contributed by atoms with Crippen LogP contribution in [0.3, 0.4) is 0 Å². The molecule has 0 bridgehead atoms. The van der Waals surface area contributed by atoms with Crippen LogP contribution in [0.15, 0.2) is 28.7 Å².